The summed E-state index contributed by atoms with van der Waals surface area (Å²) in [4.78, 5) is 42.7. The number of aryl methyl sites for hydroxylation is 1. The summed E-state index contributed by atoms with van der Waals surface area (Å²) in [5.74, 6) is -0.727. The number of benzene rings is 2. The van der Waals surface area contributed by atoms with Gasteiger partial charge in [0.1, 0.15) is 11.8 Å². The van der Waals surface area contributed by atoms with Gasteiger partial charge in [-0.1, -0.05) is 6.07 Å². The van der Waals surface area contributed by atoms with Gasteiger partial charge in [-0.3, -0.25) is 19.7 Å². The van der Waals surface area contributed by atoms with Gasteiger partial charge in [-0.2, -0.15) is 0 Å². The molecule has 31 heavy (non-hydrogen) atoms. The van der Waals surface area contributed by atoms with Crippen LogP contribution in [0.3, 0.4) is 0 Å². The van der Waals surface area contributed by atoms with E-state index in [1.54, 1.807) is 24.5 Å². The zero-order valence-electron chi connectivity index (χ0n) is 16.8. The lowest BCUT2D eigenvalue weighted by molar-refractivity contribution is -0.136. The van der Waals surface area contributed by atoms with Crippen molar-refractivity contribution in [2.75, 3.05) is 0 Å². The van der Waals surface area contributed by atoms with Crippen molar-refractivity contribution in [3.05, 3.63) is 59.9 Å². The van der Waals surface area contributed by atoms with Crippen LogP contribution >= 0.6 is 0 Å². The van der Waals surface area contributed by atoms with E-state index in [1.807, 2.05) is 35.9 Å². The second-order valence-electron chi connectivity index (χ2n) is 7.87. The number of amides is 3. The number of hydrogen-bond acceptors (Lipinski definition) is 5. The Morgan fingerprint density at radius 1 is 1.06 bits per heavy atom. The number of carbonyl (C=O) groups excluding carboxylic acids is 3. The first-order valence-electron chi connectivity index (χ1n) is 10.0. The molecular formula is C23H20N4O4. The molecule has 0 saturated carbocycles. The Balaban J connectivity index is 1.49. The van der Waals surface area contributed by atoms with E-state index in [0.29, 0.717) is 18.5 Å². The van der Waals surface area contributed by atoms with Crippen LogP contribution < -0.4 is 5.32 Å². The predicted molar refractivity (Wildman–Crippen MR) is 112 cm³/mol. The summed E-state index contributed by atoms with van der Waals surface area (Å²) >= 11 is 0. The number of phenolic OH excluding ortho intramolecular Hbond substituents is 1. The number of piperidine rings is 1. The van der Waals surface area contributed by atoms with Crippen LogP contribution in [0.15, 0.2) is 48.8 Å². The Morgan fingerprint density at radius 2 is 1.81 bits per heavy atom. The number of nitrogens with zero attached hydrogens (tertiary/aromatic N) is 3. The molecule has 156 valence electrons. The van der Waals surface area contributed by atoms with Crippen molar-refractivity contribution in [3.8, 4) is 28.3 Å². The molecule has 1 unspecified atom stereocenters. The molecule has 5 rings (SSSR count). The van der Waals surface area contributed by atoms with Gasteiger partial charge >= 0.3 is 0 Å². The first kappa shape index (κ1) is 19.0. The van der Waals surface area contributed by atoms with Crippen LogP contribution in [0.4, 0.5) is 0 Å². The monoisotopic (exact) mass is 416 g/mol. The Bertz CT molecular complexity index is 1230. The maximum absolute atomic E-state index is 12.9. The Hall–Kier alpha value is -3.94. The van der Waals surface area contributed by atoms with Crippen molar-refractivity contribution in [2.45, 2.75) is 25.4 Å². The van der Waals surface area contributed by atoms with Crippen LogP contribution in [0.2, 0.25) is 0 Å². The fourth-order valence-corrected chi connectivity index (χ4v) is 4.32. The van der Waals surface area contributed by atoms with E-state index in [-0.39, 0.29) is 24.0 Å². The number of rotatable bonds is 3. The molecule has 1 atom stereocenters. The predicted octanol–water partition coefficient (Wildman–Crippen LogP) is 2.22. The number of hydrogen-bond donors (Lipinski definition) is 2. The van der Waals surface area contributed by atoms with Gasteiger partial charge in [0.2, 0.25) is 11.8 Å². The van der Waals surface area contributed by atoms with E-state index in [0.717, 1.165) is 28.1 Å². The number of imide groups is 1. The minimum absolute atomic E-state index is 0.192. The molecule has 1 aromatic heterocycles. The van der Waals surface area contributed by atoms with Crippen molar-refractivity contribution < 1.29 is 19.5 Å². The minimum atomic E-state index is -0.636. The van der Waals surface area contributed by atoms with Gasteiger partial charge in [-0.15, -0.1) is 0 Å². The summed E-state index contributed by atoms with van der Waals surface area (Å²) in [5.41, 5.74) is 4.83. The highest BCUT2D eigenvalue weighted by atomic mass is 16.3. The van der Waals surface area contributed by atoms with Gasteiger partial charge in [-0.25, -0.2) is 4.98 Å². The maximum atomic E-state index is 12.9. The molecule has 0 aliphatic carbocycles. The third-order valence-electron chi connectivity index (χ3n) is 5.87. The highest BCUT2D eigenvalue weighted by Crippen LogP contribution is 2.35. The number of aromatic hydroxyl groups is 1. The van der Waals surface area contributed by atoms with Crippen molar-refractivity contribution in [1.82, 2.24) is 19.8 Å². The minimum Gasteiger partial charge on any atom is -0.508 e. The number of carbonyl (C=O) groups is 3. The molecule has 2 N–H and O–H groups in total. The highest BCUT2D eigenvalue weighted by Gasteiger charge is 2.39. The third-order valence-corrected chi connectivity index (χ3v) is 5.87. The summed E-state index contributed by atoms with van der Waals surface area (Å²) < 4.78 is 1.91. The molecule has 2 aromatic carbocycles. The summed E-state index contributed by atoms with van der Waals surface area (Å²) in [6, 6.07) is 11.9. The zero-order valence-corrected chi connectivity index (χ0v) is 16.8. The molecule has 3 amide bonds. The molecule has 3 heterocycles. The molecule has 0 radical (unpaired) electrons. The molecule has 8 heteroatoms. The van der Waals surface area contributed by atoms with Gasteiger partial charge < -0.3 is 14.6 Å². The molecular weight excluding hydrogens is 396 g/mol. The lowest BCUT2D eigenvalue weighted by atomic mass is 10.0. The first-order chi connectivity index (χ1) is 14.9. The second kappa shape index (κ2) is 7.09. The van der Waals surface area contributed by atoms with Crippen molar-refractivity contribution >= 4 is 17.7 Å². The fraction of sp³-hybridized carbons (Fsp3) is 0.217. The van der Waals surface area contributed by atoms with E-state index in [2.05, 4.69) is 10.3 Å². The van der Waals surface area contributed by atoms with Gasteiger partial charge in [0.25, 0.3) is 5.91 Å². The molecule has 1 saturated heterocycles. The van der Waals surface area contributed by atoms with Gasteiger partial charge in [0, 0.05) is 36.7 Å². The van der Waals surface area contributed by atoms with E-state index < -0.39 is 11.9 Å². The molecule has 2 aliphatic heterocycles. The van der Waals surface area contributed by atoms with Crippen LogP contribution in [0, 0.1) is 0 Å². The Labute approximate surface area is 178 Å². The summed E-state index contributed by atoms with van der Waals surface area (Å²) in [7, 11) is 1.90. The SMILES string of the molecule is Cn1cnc(-c2ccc3c(c2)CN(C2CCC(=O)NC2=O)C3=O)c1-c1ccc(O)cc1. The topological polar surface area (TPSA) is 105 Å². The van der Waals surface area contributed by atoms with E-state index in [1.165, 1.54) is 4.90 Å². The van der Waals surface area contributed by atoms with E-state index in [9.17, 15) is 19.5 Å². The number of aromatic nitrogens is 2. The second-order valence-corrected chi connectivity index (χ2v) is 7.87. The highest BCUT2D eigenvalue weighted by molar-refractivity contribution is 6.05. The summed E-state index contributed by atoms with van der Waals surface area (Å²) in [6.07, 6.45) is 2.29. The van der Waals surface area contributed by atoms with Gasteiger partial charge in [0.15, 0.2) is 0 Å². The number of imidazole rings is 1. The number of phenols is 1. The van der Waals surface area contributed by atoms with Crippen LogP contribution in [0.1, 0.15) is 28.8 Å². The normalized spacial score (nSPS) is 18.3. The molecule has 0 spiro atoms. The standard InChI is InChI=1S/C23H20N4O4/c1-26-12-24-20(21(26)13-2-5-16(28)6-3-13)14-4-7-17-15(10-14)11-27(23(17)31)18-8-9-19(29)25-22(18)30/h2-7,10,12,18,28H,8-9,11H2,1H3,(H,25,29,30). The summed E-state index contributed by atoms with van der Waals surface area (Å²) in [5, 5.41) is 11.9. The quantitative estimate of drug-likeness (QED) is 0.637. The fourth-order valence-electron chi connectivity index (χ4n) is 4.32. The molecule has 3 aromatic rings. The van der Waals surface area contributed by atoms with Crippen LogP contribution in [0.5, 0.6) is 5.75 Å². The van der Waals surface area contributed by atoms with Crippen molar-refractivity contribution in [3.63, 3.8) is 0 Å². The third kappa shape index (κ3) is 3.16. The molecule has 1 fully saturated rings. The lowest BCUT2D eigenvalue weighted by Crippen LogP contribution is -2.52. The summed E-state index contributed by atoms with van der Waals surface area (Å²) in [6.45, 7) is 0.315. The first-order valence-corrected chi connectivity index (χ1v) is 10.0. The Morgan fingerprint density at radius 3 is 2.55 bits per heavy atom. The zero-order chi connectivity index (χ0) is 21.7. The number of fused-ring (bicyclic) bond motifs is 1. The average Bonchev–Trinajstić information content (AvgIpc) is 3.28. The maximum Gasteiger partial charge on any atom is 0.255 e. The van der Waals surface area contributed by atoms with E-state index in [4.69, 9.17) is 0 Å². The van der Waals surface area contributed by atoms with E-state index >= 15 is 0 Å². The molecule has 8 nitrogen and oxygen atoms in total. The lowest BCUT2D eigenvalue weighted by Gasteiger charge is -2.29. The van der Waals surface area contributed by atoms with Crippen LogP contribution in [0.25, 0.3) is 22.5 Å². The van der Waals surface area contributed by atoms with Crippen LogP contribution in [-0.2, 0) is 23.2 Å². The molecule has 0 bridgehead atoms. The van der Waals surface area contributed by atoms with Crippen LogP contribution in [-0.4, -0.2) is 43.3 Å². The van der Waals surface area contributed by atoms with Crippen molar-refractivity contribution in [2.24, 2.45) is 7.05 Å². The Kier molecular flexibility index (Phi) is 4.35. The smallest absolute Gasteiger partial charge is 0.255 e. The van der Waals surface area contributed by atoms with Gasteiger partial charge in [-0.05, 0) is 48.4 Å². The van der Waals surface area contributed by atoms with Gasteiger partial charge in [0.05, 0.1) is 17.7 Å². The largest absolute Gasteiger partial charge is 0.508 e. The average molecular weight is 416 g/mol. The number of nitrogens with one attached hydrogen (secondary N) is 1. The van der Waals surface area contributed by atoms with Crippen molar-refractivity contribution in [1.29, 1.82) is 0 Å². The molecule has 2 aliphatic rings.